The van der Waals surface area contributed by atoms with Crippen LogP contribution in [0.3, 0.4) is 0 Å². The Balaban J connectivity index is 1.32. The molecule has 0 radical (unpaired) electrons. The van der Waals surface area contributed by atoms with Crippen molar-refractivity contribution in [2.45, 2.75) is 728 Å². The van der Waals surface area contributed by atoms with E-state index < -0.39 is 0 Å². The van der Waals surface area contributed by atoms with Crippen LogP contribution in [-0.2, 0) is 0 Å². The van der Waals surface area contributed by atoms with Crippen LogP contribution in [0.4, 0.5) is 0 Å². The molecule has 6 aliphatic carbocycles. The molecule has 0 N–H and O–H groups in total. The molecule has 0 aliphatic heterocycles. The van der Waals surface area contributed by atoms with Crippen LogP contribution in [0.5, 0.6) is 0 Å². The molecule has 5 unspecified atom stereocenters. The first-order valence-electron chi connectivity index (χ1n) is 66.0. The van der Waals surface area contributed by atoms with Crippen molar-refractivity contribution in [1.29, 1.82) is 0 Å². The van der Waals surface area contributed by atoms with Gasteiger partial charge in [0.2, 0.25) is 0 Å². The van der Waals surface area contributed by atoms with Gasteiger partial charge in [0, 0.05) is 0 Å². The minimum atomic E-state index is 0.377. The fourth-order valence-electron chi connectivity index (χ4n) is 32.6. The van der Waals surface area contributed by atoms with Gasteiger partial charge >= 0.3 is 0 Å². The van der Waals surface area contributed by atoms with E-state index in [2.05, 4.69) is 137 Å². The van der Waals surface area contributed by atoms with Crippen LogP contribution in [0.25, 0.3) is 0 Å². The lowest BCUT2D eigenvalue weighted by Gasteiger charge is -2.53. The Morgan fingerprint density at radius 2 is 0.394 bits per heavy atom. The van der Waals surface area contributed by atoms with Crippen molar-refractivity contribution in [3.63, 3.8) is 0 Å². The van der Waals surface area contributed by atoms with Gasteiger partial charge < -0.3 is 0 Å². The molecule has 6 aliphatic rings. The van der Waals surface area contributed by atoms with Crippen molar-refractivity contribution in [2.24, 2.45) is 133 Å². The van der Waals surface area contributed by atoms with E-state index in [0.717, 1.165) is 101 Å². The van der Waals surface area contributed by atoms with Crippen molar-refractivity contribution in [3.8, 4) is 0 Å². The second-order valence-corrected chi connectivity index (χ2v) is 55.6. The fraction of sp³-hybridized carbons (Fsp3) is 0.985. The summed E-state index contributed by atoms with van der Waals surface area (Å²) in [5.74, 6) is 15.2. The first kappa shape index (κ1) is 125. The number of rotatable bonds is 87. The normalized spacial score (nSPS) is 24.3. The Bertz CT molecular complexity index is 2690. The first-order valence-corrected chi connectivity index (χ1v) is 66.0. The number of hydrogen-bond acceptors (Lipinski definition) is 0. The Morgan fingerprint density at radius 3 is 0.657 bits per heavy atom. The molecule has 0 spiro atoms. The van der Waals surface area contributed by atoms with E-state index in [9.17, 15) is 0 Å². The van der Waals surface area contributed by atoms with Crippen molar-refractivity contribution in [3.05, 3.63) is 12.7 Å². The van der Waals surface area contributed by atoms with E-state index in [1.54, 1.807) is 57.8 Å². The summed E-state index contributed by atoms with van der Waals surface area (Å²) in [5, 5.41) is 0. The largest absolute Gasteiger partial charge is 0.103 e. The van der Waals surface area contributed by atoms with Crippen molar-refractivity contribution >= 4 is 0 Å². The molecule has 0 aromatic rings. The molecule has 0 saturated heterocycles. The predicted octanol–water partition coefficient (Wildman–Crippen LogP) is 48.7. The van der Waals surface area contributed by atoms with Gasteiger partial charge in [-0.1, -0.05) is 529 Å². The summed E-state index contributed by atoms with van der Waals surface area (Å²) in [5.41, 5.74) is 2.66. The molecular weight excluding hydrogens is 1650 g/mol. The lowest BCUT2D eigenvalue weighted by molar-refractivity contribution is -0.0288. The minimum absolute atomic E-state index is 0.377. The smallest absolute Gasteiger partial charge is 0.0236 e. The zero-order valence-corrected chi connectivity index (χ0v) is 98.6. The molecule has 0 aromatic heterocycles. The number of unbranched alkanes of at least 4 members (excludes halogenated alkanes) is 55. The van der Waals surface area contributed by atoms with Crippen LogP contribution in [0.15, 0.2) is 12.7 Å². The molecule has 0 bridgehead atoms. The van der Waals surface area contributed by atoms with Gasteiger partial charge in [-0.15, -0.1) is 6.58 Å². The molecule has 0 heterocycles. The van der Waals surface area contributed by atoms with Crippen molar-refractivity contribution in [1.82, 2.24) is 0 Å². The summed E-state index contributed by atoms with van der Waals surface area (Å²) in [4.78, 5) is 0. The van der Waals surface area contributed by atoms with E-state index in [1.807, 2.05) is 0 Å². The maximum Gasteiger partial charge on any atom is -0.0236 e. The number of hydrogen-bond donors (Lipinski definition) is 0. The van der Waals surface area contributed by atoms with Gasteiger partial charge in [-0.3, -0.25) is 0 Å². The first-order chi connectivity index (χ1) is 66.3. The molecule has 0 nitrogen and oxygen atoms in total. The third-order valence-corrected chi connectivity index (χ3v) is 43.0. The summed E-state index contributed by atoms with van der Waals surface area (Å²) in [6.45, 7) is 52.8. The molecule has 5 atom stereocenters. The topological polar surface area (TPSA) is 0 Å². The van der Waals surface area contributed by atoms with Gasteiger partial charge in [0.15, 0.2) is 0 Å². The van der Waals surface area contributed by atoms with Crippen LogP contribution in [0.2, 0.25) is 0 Å². The Kier molecular flexibility index (Phi) is 68.3. The zero-order chi connectivity index (χ0) is 99.0. The van der Waals surface area contributed by atoms with Crippen LogP contribution < -0.4 is 0 Å². The molecule has 0 aromatic carbocycles. The monoisotopic (exact) mass is 1910 g/mol. The summed E-state index contributed by atoms with van der Waals surface area (Å²) in [6, 6.07) is 0. The Hall–Kier alpha value is -0.260. The molecule has 6 rings (SSSR count). The standard InChI is InChI=1S/C137H262/c1-20-27-33-39-45-51-57-60-66-72-78-83-130(120-93-102-123(103-94-120)133(10,11)112-80-74-68-62-55-49-43-37-31-24-5)136(16,17)126-106-89-118(90-107-126)128(110-97-116(82-76-70-64-58-52-46-40-34-28-21-2)117-87-100-122(101-88-117)132(8,9)111-79-73-67-61-54-48-42-36-30-23-4)129(114-135(14,15)125-98-85-115(26-7)86-99-125)119-91-108-127(109-92-119)137(18,19)131(84-77-71-65-59-53-47-41-35-29-22-3)121-95-104-124(105-96-121)134(12,13)113-81-75-69-63-56-50-44-38-32-25-6/h26,115-131H,7,20-25,27-114H2,1-6,8-19H3. The van der Waals surface area contributed by atoms with Crippen LogP contribution in [-0.4, -0.2) is 0 Å². The van der Waals surface area contributed by atoms with Gasteiger partial charge in [0.05, 0.1) is 0 Å². The molecule has 0 heteroatoms. The molecule has 137 heavy (non-hydrogen) atoms. The molecule has 810 valence electrons. The fourth-order valence-corrected chi connectivity index (χ4v) is 32.6. The van der Waals surface area contributed by atoms with E-state index in [4.69, 9.17) is 0 Å². The third-order valence-electron chi connectivity index (χ3n) is 43.0. The van der Waals surface area contributed by atoms with Crippen LogP contribution in [0.1, 0.15) is 728 Å². The number of allylic oxidation sites excluding steroid dienone is 1. The van der Waals surface area contributed by atoms with E-state index in [0.29, 0.717) is 32.5 Å². The lowest BCUT2D eigenvalue weighted by Crippen LogP contribution is -2.44. The highest BCUT2D eigenvalue weighted by molar-refractivity contribution is 5.01. The summed E-state index contributed by atoms with van der Waals surface area (Å²) < 4.78 is 0. The van der Waals surface area contributed by atoms with Gasteiger partial charge in [0.1, 0.15) is 0 Å². The van der Waals surface area contributed by atoms with Gasteiger partial charge in [-0.25, -0.2) is 0 Å². The maximum atomic E-state index is 4.47. The molecule has 6 saturated carbocycles. The average Bonchev–Trinajstić information content (AvgIpc) is 0.774. The zero-order valence-electron chi connectivity index (χ0n) is 98.6. The molecular formula is C137H262. The summed E-state index contributed by atoms with van der Waals surface area (Å²) in [7, 11) is 0. The van der Waals surface area contributed by atoms with Gasteiger partial charge in [-0.2, -0.15) is 0 Å². The summed E-state index contributed by atoms with van der Waals surface area (Å²) in [6.07, 6.45) is 141. The SMILES string of the molecule is C=CC1CCC(C(C)(C)CC(C2CCC(C(C)(C)C(CCCCCCCCCCCC)C3CCC(C(C)(C)CCCCCCCCCCCC)CC3)CC2)C(CCC(CCCCCCCCCCCC)C2CCC(C(C)(C)CCCCCCCCCCCC)CC2)C2CCC(C(C)(C)C(CCCCCCCCCCCCC)C3CCC(C(C)(C)CCCCCCCCCCCC)CC3)CC2)CC1. The second-order valence-electron chi connectivity index (χ2n) is 55.6. The highest BCUT2D eigenvalue weighted by Gasteiger charge is 2.51. The maximum absolute atomic E-state index is 4.47. The predicted molar refractivity (Wildman–Crippen MR) is 620 cm³/mol. The highest BCUT2D eigenvalue weighted by atomic mass is 14.6. The quantitative estimate of drug-likeness (QED) is 0.0421. The molecule has 0 amide bonds. The van der Waals surface area contributed by atoms with E-state index >= 15 is 0 Å². The average molecular weight is 1910 g/mol. The third kappa shape index (κ3) is 50.3. The van der Waals surface area contributed by atoms with Crippen molar-refractivity contribution in [2.75, 3.05) is 0 Å². The van der Waals surface area contributed by atoms with Crippen LogP contribution >= 0.6 is 0 Å². The lowest BCUT2D eigenvalue weighted by atomic mass is 9.52. The second kappa shape index (κ2) is 74.6. The van der Waals surface area contributed by atoms with Gasteiger partial charge in [0.25, 0.3) is 0 Å². The Morgan fingerprint density at radius 1 is 0.190 bits per heavy atom. The summed E-state index contributed by atoms with van der Waals surface area (Å²) >= 11 is 0. The van der Waals surface area contributed by atoms with Gasteiger partial charge in [-0.05, 0) is 339 Å². The highest BCUT2D eigenvalue weighted by Crippen LogP contribution is 2.61. The van der Waals surface area contributed by atoms with Crippen LogP contribution in [0, 0.1) is 133 Å². The minimum Gasteiger partial charge on any atom is -0.103 e. The van der Waals surface area contributed by atoms with Crippen molar-refractivity contribution < 1.29 is 0 Å². The Labute approximate surface area is 868 Å². The van der Waals surface area contributed by atoms with E-state index in [1.165, 1.54) is 546 Å². The molecule has 6 fully saturated rings. The van der Waals surface area contributed by atoms with E-state index in [-0.39, 0.29) is 0 Å².